The zero-order chi connectivity index (χ0) is 56.3. The first-order chi connectivity index (χ1) is 37.5. The Hall–Kier alpha value is -2.06. The van der Waals surface area contributed by atoms with Crippen LogP contribution in [0.2, 0.25) is 0 Å². The lowest BCUT2D eigenvalue weighted by atomic mass is 10.0. The number of phosphoric ester groups is 1. The Morgan fingerprint density at radius 1 is 0.455 bits per heavy atom. The fourth-order valence-corrected chi connectivity index (χ4v) is 10.3. The van der Waals surface area contributed by atoms with Crippen molar-refractivity contribution < 1.29 is 32.9 Å². The van der Waals surface area contributed by atoms with E-state index in [2.05, 4.69) is 79.9 Å². The molecule has 0 spiro atoms. The molecule has 0 aromatic rings. The van der Waals surface area contributed by atoms with E-state index in [1.54, 1.807) is 6.08 Å². The van der Waals surface area contributed by atoms with Gasteiger partial charge in [-0.05, 0) is 70.6 Å². The first-order valence-corrected chi connectivity index (χ1v) is 34.3. The van der Waals surface area contributed by atoms with E-state index in [0.29, 0.717) is 17.4 Å². The van der Waals surface area contributed by atoms with Crippen molar-refractivity contribution in [3.8, 4) is 0 Å². The highest BCUT2D eigenvalue weighted by atomic mass is 31.2. The van der Waals surface area contributed by atoms with Gasteiger partial charge < -0.3 is 19.8 Å². The van der Waals surface area contributed by atoms with Crippen molar-refractivity contribution in [3.63, 3.8) is 0 Å². The minimum Gasteiger partial charge on any atom is -0.387 e. The number of carbonyl (C=O) groups is 1. The lowest BCUT2D eigenvalue weighted by Crippen LogP contribution is -2.45. The van der Waals surface area contributed by atoms with Gasteiger partial charge in [0.05, 0.1) is 39.9 Å². The van der Waals surface area contributed by atoms with E-state index in [-0.39, 0.29) is 19.1 Å². The Morgan fingerprint density at radius 3 is 1.19 bits per heavy atom. The number of aliphatic hydroxyl groups is 1. The van der Waals surface area contributed by atoms with E-state index < -0.39 is 20.0 Å². The van der Waals surface area contributed by atoms with Gasteiger partial charge in [0.25, 0.3) is 0 Å². The predicted molar refractivity (Wildman–Crippen MR) is 337 cm³/mol. The average molecular weight is 1100 g/mol. The van der Waals surface area contributed by atoms with Crippen LogP contribution >= 0.6 is 7.82 Å². The van der Waals surface area contributed by atoms with Crippen molar-refractivity contribution in [2.75, 3.05) is 40.9 Å². The molecule has 0 bridgehead atoms. The SMILES string of the molecule is CC/C=C\C/C=C\C/C=C\C/C=C\CCCCCCCCCCCCCCCCCCCCCCCCCCC(=O)NC(COP(=O)(O)OCC[N+](C)(C)C)C(O)/C=C/CC/C=C/CCCCCCCCCCCCCC. The number of rotatable bonds is 60. The second-order valence-corrected chi connectivity index (χ2v) is 24.9. The molecular formula is C68H128N2O6P+. The van der Waals surface area contributed by atoms with Crippen molar-refractivity contribution in [2.24, 2.45) is 0 Å². The zero-order valence-electron chi connectivity index (χ0n) is 51.4. The second-order valence-electron chi connectivity index (χ2n) is 23.5. The molecule has 0 rings (SSSR count). The smallest absolute Gasteiger partial charge is 0.387 e. The van der Waals surface area contributed by atoms with Crippen LogP contribution in [0.5, 0.6) is 0 Å². The van der Waals surface area contributed by atoms with Gasteiger partial charge in [-0.3, -0.25) is 13.8 Å². The molecule has 450 valence electrons. The summed E-state index contributed by atoms with van der Waals surface area (Å²) < 4.78 is 23.7. The third kappa shape index (κ3) is 61.4. The fraction of sp³-hybridized carbons (Fsp3) is 0.809. The molecule has 0 aliphatic rings. The van der Waals surface area contributed by atoms with Gasteiger partial charge in [-0.15, -0.1) is 0 Å². The number of aliphatic hydroxyl groups excluding tert-OH is 1. The second kappa shape index (κ2) is 58.6. The summed E-state index contributed by atoms with van der Waals surface area (Å²) in [6.07, 6.45) is 81.9. The quantitative estimate of drug-likeness (QED) is 0.0243. The van der Waals surface area contributed by atoms with Crippen molar-refractivity contribution in [3.05, 3.63) is 72.9 Å². The molecule has 0 heterocycles. The molecule has 3 unspecified atom stereocenters. The highest BCUT2D eigenvalue weighted by molar-refractivity contribution is 7.47. The molecular weight excluding hydrogens is 972 g/mol. The zero-order valence-corrected chi connectivity index (χ0v) is 52.3. The van der Waals surface area contributed by atoms with Crippen LogP contribution in [0.25, 0.3) is 0 Å². The van der Waals surface area contributed by atoms with Crippen LogP contribution in [0, 0.1) is 0 Å². The molecule has 3 atom stereocenters. The van der Waals surface area contributed by atoms with Gasteiger partial charge in [0.1, 0.15) is 13.2 Å². The summed E-state index contributed by atoms with van der Waals surface area (Å²) in [5, 5.41) is 13.9. The first kappa shape index (κ1) is 74.9. The molecule has 0 aliphatic heterocycles. The number of carbonyl (C=O) groups excluding carboxylic acids is 1. The third-order valence-electron chi connectivity index (χ3n) is 14.7. The highest BCUT2D eigenvalue weighted by Gasteiger charge is 2.27. The summed E-state index contributed by atoms with van der Waals surface area (Å²) in [5.74, 6) is -0.183. The molecule has 0 saturated carbocycles. The fourth-order valence-electron chi connectivity index (χ4n) is 9.58. The maximum atomic E-state index is 13.0. The van der Waals surface area contributed by atoms with E-state index in [4.69, 9.17) is 9.05 Å². The lowest BCUT2D eigenvalue weighted by molar-refractivity contribution is -0.870. The van der Waals surface area contributed by atoms with Gasteiger partial charge in [0, 0.05) is 6.42 Å². The molecule has 8 nitrogen and oxygen atoms in total. The minimum absolute atomic E-state index is 0.0563. The molecule has 0 saturated heterocycles. The maximum absolute atomic E-state index is 13.0. The van der Waals surface area contributed by atoms with Gasteiger partial charge in [-0.2, -0.15) is 0 Å². The summed E-state index contributed by atoms with van der Waals surface area (Å²) in [7, 11) is 1.56. The number of amides is 1. The first-order valence-electron chi connectivity index (χ1n) is 32.8. The number of nitrogens with one attached hydrogen (secondary N) is 1. The molecule has 0 aromatic carbocycles. The average Bonchev–Trinajstić information content (AvgIpc) is 3.39. The Bertz CT molecular complexity index is 1480. The molecule has 0 radical (unpaired) electrons. The monoisotopic (exact) mass is 1100 g/mol. The number of quaternary nitrogens is 1. The van der Waals surface area contributed by atoms with Gasteiger partial charge in [0.2, 0.25) is 5.91 Å². The molecule has 9 heteroatoms. The number of hydrogen-bond acceptors (Lipinski definition) is 5. The van der Waals surface area contributed by atoms with E-state index in [0.717, 1.165) is 64.2 Å². The van der Waals surface area contributed by atoms with Crippen molar-refractivity contribution >= 4 is 13.7 Å². The standard InChI is InChI=1S/C68H127N2O6P/c1-6-8-10-12-14-16-18-20-22-24-26-27-28-29-30-31-32-33-34-35-36-37-38-39-40-41-42-43-44-46-48-50-52-54-56-58-60-62-68(72)69-66(65-76-77(73,74)75-64-63-70(3,4)5)67(71)61-59-57-55-53-51-49-47-45-25-23-21-19-17-15-13-11-9-7-2/h8,10,14,16,20,22,26-27,51,53,59,61,66-67,71H,6-7,9,11-13,15,17-19,21,23-25,28-50,52,54-58,60,62-65H2,1-5H3,(H-,69,72,73,74)/p+1/b10-8-,16-14-,22-20-,27-26-,53-51+,61-59+. The number of likely N-dealkylation sites (N-methyl/N-ethyl adjacent to an activating group) is 1. The van der Waals surface area contributed by atoms with E-state index >= 15 is 0 Å². The Kier molecular flexibility index (Phi) is 57.0. The van der Waals surface area contributed by atoms with E-state index in [9.17, 15) is 19.4 Å². The summed E-state index contributed by atoms with van der Waals surface area (Å²) in [6.45, 7) is 4.71. The lowest BCUT2D eigenvalue weighted by Gasteiger charge is -2.25. The Balaban J connectivity index is 3.99. The Labute approximate surface area is 478 Å². The minimum atomic E-state index is -4.36. The van der Waals surface area contributed by atoms with Crippen LogP contribution in [-0.2, 0) is 18.4 Å². The molecule has 77 heavy (non-hydrogen) atoms. The van der Waals surface area contributed by atoms with Crippen LogP contribution in [0.3, 0.4) is 0 Å². The van der Waals surface area contributed by atoms with Gasteiger partial charge in [0.15, 0.2) is 0 Å². The largest absolute Gasteiger partial charge is 0.472 e. The normalized spacial score (nSPS) is 14.2. The molecule has 1 amide bonds. The highest BCUT2D eigenvalue weighted by Crippen LogP contribution is 2.43. The van der Waals surface area contributed by atoms with Crippen LogP contribution < -0.4 is 5.32 Å². The molecule has 3 N–H and O–H groups in total. The van der Waals surface area contributed by atoms with Gasteiger partial charge >= 0.3 is 7.82 Å². The Morgan fingerprint density at radius 2 is 0.792 bits per heavy atom. The summed E-state index contributed by atoms with van der Waals surface area (Å²) in [6, 6.07) is -0.864. The summed E-state index contributed by atoms with van der Waals surface area (Å²) in [5.41, 5.74) is 0. The maximum Gasteiger partial charge on any atom is 0.472 e. The van der Waals surface area contributed by atoms with Crippen LogP contribution in [-0.4, -0.2) is 73.4 Å². The number of allylic oxidation sites excluding steroid dienone is 11. The van der Waals surface area contributed by atoms with Crippen molar-refractivity contribution in [1.29, 1.82) is 0 Å². The van der Waals surface area contributed by atoms with Crippen LogP contribution in [0.15, 0.2) is 72.9 Å². The molecule has 0 aromatic heterocycles. The van der Waals surface area contributed by atoms with Crippen LogP contribution in [0.4, 0.5) is 0 Å². The number of nitrogens with zero attached hydrogens (tertiary/aromatic N) is 1. The van der Waals surface area contributed by atoms with E-state index in [1.165, 1.54) is 218 Å². The van der Waals surface area contributed by atoms with Crippen LogP contribution in [0.1, 0.15) is 303 Å². The van der Waals surface area contributed by atoms with Gasteiger partial charge in [-0.1, -0.05) is 299 Å². The van der Waals surface area contributed by atoms with E-state index in [1.807, 2.05) is 27.2 Å². The predicted octanol–water partition coefficient (Wildman–Crippen LogP) is 20.6. The van der Waals surface area contributed by atoms with Crippen molar-refractivity contribution in [1.82, 2.24) is 5.32 Å². The summed E-state index contributed by atoms with van der Waals surface area (Å²) in [4.78, 5) is 23.3. The topological polar surface area (TPSA) is 105 Å². The number of hydrogen-bond donors (Lipinski definition) is 3. The van der Waals surface area contributed by atoms with Gasteiger partial charge in [-0.25, -0.2) is 4.57 Å². The number of unbranched alkanes of at least 4 members (excludes halogenated alkanes) is 37. The molecule has 0 aliphatic carbocycles. The van der Waals surface area contributed by atoms with Crippen molar-refractivity contribution in [2.45, 2.75) is 315 Å². The summed E-state index contributed by atoms with van der Waals surface area (Å²) >= 11 is 0. The number of phosphoric acid groups is 1. The molecule has 0 fully saturated rings. The third-order valence-corrected chi connectivity index (χ3v) is 15.6.